The van der Waals surface area contributed by atoms with Gasteiger partial charge >= 0.3 is 0 Å². The predicted octanol–water partition coefficient (Wildman–Crippen LogP) is 4.18. The van der Waals surface area contributed by atoms with E-state index in [9.17, 15) is 9.59 Å². The van der Waals surface area contributed by atoms with Gasteiger partial charge in [0, 0.05) is 30.2 Å². The Labute approximate surface area is 160 Å². The van der Waals surface area contributed by atoms with Crippen LogP contribution in [0.3, 0.4) is 0 Å². The summed E-state index contributed by atoms with van der Waals surface area (Å²) in [6.45, 7) is 8.11. The predicted molar refractivity (Wildman–Crippen MR) is 110 cm³/mol. The van der Waals surface area contributed by atoms with Crippen LogP contribution in [0.4, 0.5) is 17.1 Å². The van der Waals surface area contributed by atoms with Crippen molar-refractivity contribution in [2.75, 3.05) is 28.6 Å². The second kappa shape index (κ2) is 8.25. The molecule has 0 aromatic heterocycles. The van der Waals surface area contributed by atoms with E-state index in [0.717, 1.165) is 35.5 Å². The molecule has 1 aliphatic rings. The first-order chi connectivity index (χ1) is 12.9. The maximum Gasteiger partial charge on any atom is 0.233 e. The van der Waals surface area contributed by atoms with Crippen LogP contribution in [0.2, 0.25) is 0 Å². The first-order valence-electron chi connectivity index (χ1n) is 9.45. The number of carbonyl (C=O) groups is 2. The van der Waals surface area contributed by atoms with E-state index in [1.54, 1.807) is 0 Å². The van der Waals surface area contributed by atoms with Crippen molar-refractivity contribution in [2.45, 2.75) is 40.0 Å². The molecule has 2 aromatic rings. The maximum atomic E-state index is 12.3. The van der Waals surface area contributed by atoms with Gasteiger partial charge in [-0.05, 0) is 69.0 Å². The lowest BCUT2D eigenvalue weighted by molar-refractivity contribution is -0.123. The SMILES string of the molecule is Cc1cc(C)c(NC(=O)CC(=O)Nc2ccc(N3CCCC3)cc2)c(C)c1. The maximum absolute atomic E-state index is 12.3. The first-order valence-corrected chi connectivity index (χ1v) is 9.45. The highest BCUT2D eigenvalue weighted by atomic mass is 16.2. The second-order valence-corrected chi connectivity index (χ2v) is 7.29. The topological polar surface area (TPSA) is 61.4 Å². The highest BCUT2D eigenvalue weighted by Crippen LogP contribution is 2.23. The van der Waals surface area contributed by atoms with E-state index in [1.807, 2.05) is 57.2 Å². The minimum atomic E-state index is -0.316. The van der Waals surface area contributed by atoms with E-state index < -0.39 is 0 Å². The van der Waals surface area contributed by atoms with Gasteiger partial charge in [0.2, 0.25) is 11.8 Å². The Balaban J connectivity index is 1.55. The number of hydrogen-bond acceptors (Lipinski definition) is 3. The van der Waals surface area contributed by atoms with Gasteiger partial charge in [-0.2, -0.15) is 0 Å². The van der Waals surface area contributed by atoms with Gasteiger partial charge in [0.1, 0.15) is 6.42 Å². The Kier molecular flexibility index (Phi) is 5.79. The van der Waals surface area contributed by atoms with E-state index in [4.69, 9.17) is 0 Å². The fourth-order valence-corrected chi connectivity index (χ4v) is 3.64. The lowest BCUT2D eigenvalue weighted by atomic mass is 10.0. The van der Waals surface area contributed by atoms with Crippen LogP contribution in [-0.4, -0.2) is 24.9 Å². The molecule has 142 valence electrons. The Hall–Kier alpha value is -2.82. The highest BCUT2D eigenvalue weighted by molar-refractivity contribution is 6.08. The Bertz CT molecular complexity index is 814. The quantitative estimate of drug-likeness (QED) is 0.782. The molecule has 0 saturated carbocycles. The van der Waals surface area contributed by atoms with Gasteiger partial charge in [-0.15, -0.1) is 0 Å². The Morgan fingerprint density at radius 2 is 1.44 bits per heavy atom. The molecule has 1 aliphatic heterocycles. The smallest absolute Gasteiger partial charge is 0.233 e. The zero-order chi connectivity index (χ0) is 19.4. The molecule has 5 nitrogen and oxygen atoms in total. The Morgan fingerprint density at radius 1 is 0.889 bits per heavy atom. The standard InChI is InChI=1S/C22H27N3O2/c1-15-12-16(2)22(17(3)13-15)24-21(27)14-20(26)23-18-6-8-19(9-7-18)25-10-4-5-11-25/h6-9,12-13H,4-5,10-11,14H2,1-3H3,(H,23,26)(H,24,27). The van der Waals surface area contributed by atoms with Gasteiger partial charge in [0.25, 0.3) is 0 Å². The highest BCUT2D eigenvalue weighted by Gasteiger charge is 2.14. The second-order valence-electron chi connectivity index (χ2n) is 7.29. The van der Waals surface area contributed by atoms with Crippen LogP contribution in [0.5, 0.6) is 0 Å². The third-order valence-corrected chi connectivity index (χ3v) is 4.88. The average molecular weight is 365 g/mol. The van der Waals surface area contributed by atoms with Crippen LogP contribution in [0.1, 0.15) is 36.0 Å². The number of carbonyl (C=O) groups excluding carboxylic acids is 2. The molecule has 2 N–H and O–H groups in total. The number of amides is 2. The lowest BCUT2D eigenvalue weighted by Crippen LogP contribution is -2.22. The number of nitrogens with zero attached hydrogens (tertiary/aromatic N) is 1. The molecule has 0 bridgehead atoms. The van der Waals surface area contributed by atoms with Crippen molar-refractivity contribution in [3.05, 3.63) is 53.1 Å². The number of rotatable bonds is 5. The van der Waals surface area contributed by atoms with Gasteiger partial charge < -0.3 is 15.5 Å². The van der Waals surface area contributed by atoms with Crippen LogP contribution in [0.25, 0.3) is 0 Å². The molecule has 1 fully saturated rings. The molecule has 0 spiro atoms. The Morgan fingerprint density at radius 3 is 2.04 bits per heavy atom. The molecule has 5 heteroatoms. The van der Waals surface area contributed by atoms with E-state index in [-0.39, 0.29) is 18.2 Å². The molecule has 2 aromatic carbocycles. The van der Waals surface area contributed by atoms with E-state index in [0.29, 0.717) is 5.69 Å². The van der Waals surface area contributed by atoms with E-state index in [1.165, 1.54) is 18.5 Å². The zero-order valence-corrected chi connectivity index (χ0v) is 16.3. The third-order valence-electron chi connectivity index (χ3n) is 4.88. The normalized spacial score (nSPS) is 13.5. The van der Waals surface area contributed by atoms with Gasteiger partial charge in [-0.1, -0.05) is 17.7 Å². The molecular weight excluding hydrogens is 338 g/mol. The van der Waals surface area contributed by atoms with Gasteiger partial charge in [0.15, 0.2) is 0 Å². The first kappa shape index (κ1) is 19.0. The fraction of sp³-hybridized carbons (Fsp3) is 0.364. The zero-order valence-electron chi connectivity index (χ0n) is 16.3. The van der Waals surface area contributed by atoms with Crippen molar-refractivity contribution in [2.24, 2.45) is 0 Å². The van der Waals surface area contributed by atoms with Crippen LogP contribution >= 0.6 is 0 Å². The summed E-state index contributed by atoms with van der Waals surface area (Å²) in [4.78, 5) is 26.8. The van der Waals surface area contributed by atoms with Crippen molar-refractivity contribution in [1.29, 1.82) is 0 Å². The molecule has 1 heterocycles. The number of hydrogen-bond donors (Lipinski definition) is 2. The van der Waals surface area contributed by atoms with Crippen molar-refractivity contribution in [3.8, 4) is 0 Å². The summed E-state index contributed by atoms with van der Waals surface area (Å²) < 4.78 is 0. The molecular formula is C22H27N3O2. The summed E-state index contributed by atoms with van der Waals surface area (Å²) in [5.74, 6) is -0.625. The fourth-order valence-electron chi connectivity index (χ4n) is 3.64. The molecule has 0 radical (unpaired) electrons. The molecule has 0 unspecified atom stereocenters. The molecule has 0 atom stereocenters. The van der Waals surface area contributed by atoms with E-state index >= 15 is 0 Å². The summed E-state index contributed by atoms with van der Waals surface area (Å²) in [5.41, 5.74) is 5.82. The summed E-state index contributed by atoms with van der Waals surface area (Å²) >= 11 is 0. The number of nitrogens with one attached hydrogen (secondary N) is 2. The van der Waals surface area contributed by atoms with E-state index in [2.05, 4.69) is 15.5 Å². The van der Waals surface area contributed by atoms with Crippen molar-refractivity contribution in [1.82, 2.24) is 0 Å². The summed E-state index contributed by atoms with van der Waals surface area (Å²) in [6.07, 6.45) is 2.25. The van der Waals surface area contributed by atoms with Crippen LogP contribution in [0.15, 0.2) is 36.4 Å². The lowest BCUT2D eigenvalue weighted by Gasteiger charge is -2.17. The summed E-state index contributed by atoms with van der Waals surface area (Å²) in [7, 11) is 0. The largest absolute Gasteiger partial charge is 0.372 e. The van der Waals surface area contributed by atoms with Gasteiger partial charge in [-0.3, -0.25) is 9.59 Å². The van der Waals surface area contributed by atoms with Crippen LogP contribution < -0.4 is 15.5 Å². The number of anilines is 3. The molecule has 1 saturated heterocycles. The number of benzene rings is 2. The van der Waals surface area contributed by atoms with Crippen LogP contribution in [-0.2, 0) is 9.59 Å². The van der Waals surface area contributed by atoms with Crippen molar-refractivity contribution >= 4 is 28.9 Å². The van der Waals surface area contributed by atoms with Crippen molar-refractivity contribution in [3.63, 3.8) is 0 Å². The summed E-state index contributed by atoms with van der Waals surface area (Å²) in [6, 6.07) is 11.8. The van der Waals surface area contributed by atoms with Gasteiger partial charge in [0.05, 0.1) is 0 Å². The monoisotopic (exact) mass is 365 g/mol. The third kappa shape index (κ3) is 4.88. The molecule has 3 rings (SSSR count). The van der Waals surface area contributed by atoms with Crippen molar-refractivity contribution < 1.29 is 9.59 Å². The summed E-state index contributed by atoms with van der Waals surface area (Å²) in [5, 5.41) is 5.66. The average Bonchev–Trinajstić information content (AvgIpc) is 3.13. The number of aryl methyl sites for hydroxylation is 3. The van der Waals surface area contributed by atoms with Crippen LogP contribution in [0, 0.1) is 20.8 Å². The minimum Gasteiger partial charge on any atom is -0.372 e. The molecule has 2 amide bonds. The van der Waals surface area contributed by atoms with Gasteiger partial charge in [-0.25, -0.2) is 0 Å². The molecule has 0 aliphatic carbocycles. The minimum absolute atomic E-state index is 0.208. The molecule has 27 heavy (non-hydrogen) atoms.